The van der Waals surface area contributed by atoms with Gasteiger partial charge in [-0.05, 0) is 54.6 Å². The van der Waals surface area contributed by atoms with Crippen molar-refractivity contribution in [1.29, 1.82) is 0 Å². The Morgan fingerprint density at radius 1 is 0.645 bits per heavy atom. The number of ether oxygens (including phenoxy) is 2. The van der Waals surface area contributed by atoms with Gasteiger partial charge in [0.05, 0.1) is 7.11 Å². The minimum Gasteiger partial charge on any atom is -0.497 e. The van der Waals surface area contributed by atoms with Crippen molar-refractivity contribution in [2.24, 2.45) is 0 Å². The smallest absolute Gasteiger partial charge is 0.254 e. The minimum atomic E-state index is -0.0478. The van der Waals surface area contributed by atoms with Crippen LogP contribution in [-0.4, -0.2) is 54.9 Å². The summed E-state index contributed by atoms with van der Waals surface area (Å²) in [5.74, 6) is 1.99. The van der Waals surface area contributed by atoms with Crippen LogP contribution in [0.1, 0.15) is 20.7 Å². The van der Waals surface area contributed by atoms with Gasteiger partial charge in [-0.25, -0.2) is 0 Å². The largest absolute Gasteiger partial charge is 0.497 e. The molecular formula is C25H24N2O4. The van der Waals surface area contributed by atoms with Crippen molar-refractivity contribution in [3.63, 3.8) is 0 Å². The number of hydrogen-bond donors (Lipinski definition) is 0. The van der Waals surface area contributed by atoms with E-state index in [4.69, 9.17) is 9.47 Å². The van der Waals surface area contributed by atoms with Crippen LogP contribution in [0.2, 0.25) is 0 Å². The second-order valence-corrected chi connectivity index (χ2v) is 7.26. The van der Waals surface area contributed by atoms with E-state index in [0.717, 1.165) is 5.75 Å². The summed E-state index contributed by atoms with van der Waals surface area (Å²) in [5, 5.41) is 0. The predicted octanol–water partition coefficient (Wildman–Crippen LogP) is 4.09. The molecule has 0 bridgehead atoms. The molecule has 2 amide bonds. The van der Waals surface area contributed by atoms with Crippen molar-refractivity contribution < 1.29 is 19.1 Å². The van der Waals surface area contributed by atoms with Gasteiger partial charge in [-0.15, -0.1) is 0 Å². The van der Waals surface area contributed by atoms with Crippen molar-refractivity contribution in [2.75, 3.05) is 33.3 Å². The number of para-hydroxylation sites is 1. The highest BCUT2D eigenvalue weighted by Crippen LogP contribution is 2.22. The molecule has 3 aromatic rings. The molecule has 158 valence electrons. The number of methoxy groups -OCH3 is 1. The van der Waals surface area contributed by atoms with Crippen molar-refractivity contribution in [3.8, 4) is 17.2 Å². The first-order chi connectivity index (χ1) is 15.1. The summed E-state index contributed by atoms with van der Waals surface area (Å²) in [6, 6.07) is 23.8. The fourth-order valence-corrected chi connectivity index (χ4v) is 3.52. The number of rotatable bonds is 5. The zero-order chi connectivity index (χ0) is 21.6. The lowest BCUT2D eigenvalue weighted by Crippen LogP contribution is -2.50. The van der Waals surface area contributed by atoms with Crippen LogP contribution in [-0.2, 0) is 0 Å². The van der Waals surface area contributed by atoms with Gasteiger partial charge in [0.2, 0.25) is 0 Å². The Morgan fingerprint density at radius 3 is 1.81 bits per heavy atom. The fraction of sp³-hybridized carbons (Fsp3) is 0.200. The van der Waals surface area contributed by atoms with Crippen molar-refractivity contribution in [1.82, 2.24) is 9.80 Å². The van der Waals surface area contributed by atoms with Crippen LogP contribution in [0.5, 0.6) is 17.2 Å². The van der Waals surface area contributed by atoms with Gasteiger partial charge in [-0.3, -0.25) is 9.59 Å². The van der Waals surface area contributed by atoms with Gasteiger partial charge < -0.3 is 19.3 Å². The Labute approximate surface area is 181 Å². The van der Waals surface area contributed by atoms with Crippen LogP contribution < -0.4 is 9.47 Å². The average molecular weight is 416 g/mol. The van der Waals surface area contributed by atoms with Gasteiger partial charge in [-0.2, -0.15) is 0 Å². The van der Waals surface area contributed by atoms with E-state index in [9.17, 15) is 9.59 Å². The van der Waals surface area contributed by atoms with Crippen molar-refractivity contribution in [3.05, 3.63) is 90.0 Å². The number of hydrogen-bond acceptors (Lipinski definition) is 4. The Morgan fingerprint density at radius 2 is 1.19 bits per heavy atom. The minimum absolute atomic E-state index is 0.0419. The lowest BCUT2D eigenvalue weighted by Gasteiger charge is -2.35. The SMILES string of the molecule is COc1cccc(C(=O)N2CCN(C(=O)c3ccc(Oc4ccccc4)cc3)CC2)c1. The third-order valence-corrected chi connectivity index (χ3v) is 5.25. The molecule has 0 unspecified atom stereocenters. The van der Waals surface area contributed by atoms with Crippen LogP contribution in [0.15, 0.2) is 78.9 Å². The lowest BCUT2D eigenvalue weighted by atomic mass is 10.1. The lowest BCUT2D eigenvalue weighted by molar-refractivity contribution is 0.0535. The van der Waals surface area contributed by atoms with Gasteiger partial charge >= 0.3 is 0 Å². The molecule has 0 atom stereocenters. The first kappa shape index (κ1) is 20.5. The molecule has 1 fully saturated rings. The third kappa shape index (κ3) is 4.86. The number of carbonyl (C=O) groups is 2. The molecule has 1 saturated heterocycles. The number of nitrogens with zero attached hydrogens (tertiary/aromatic N) is 2. The van der Waals surface area contributed by atoms with E-state index in [1.54, 1.807) is 59.4 Å². The monoisotopic (exact) mass is 416 g/mol. The standard InChI is InChI=1S/C25H24N2O4/c1-30-23-9-5-6-20(18-23)25(29)27-16-14-26(15-17-27)24(28)19-10-12-22(13-11-19)31-21-7-3-2-4-8-21/h2-13,18H,14-17H2,1H3. The van der Waals surface area contributed by atoms with E-state index in [0.29, 0.717) is 48.8 Å². The van der Waals surface area contributed by atoms with Crippen molar-refractivity contribution >= 4 is 11.8 Å². The summed E-state index contributed by atoms with van der Waals surface area (Å²) >= 11 is 0. The molecule has 0 radical (unpaired) electrons. The van der Waals surface area contributed by atoms with Gasteiger partial charge in [-0.1, -0.05) is 24.3 Å². The zero-order valence-corrected chi connectivity index (χ0v) is 17.4. The summed E-state index contributed by atoms with van der Waals surface area (Å²) in [6.45, 7) is 1.99. The topological polar surface area (TPSA) is 59.1 Å². The Kier molecular flexibility index (Phi) is 6.17. The summed E-state index contributed by atoms with van der Waals surface area (Å²) in [6.07, 6.45) is 0. The second kappa shape index (κ2) is 9.34. The van der Waals surface area contributed by atoms with E-state index >= 15 is 0 Å². The molecule has 0 saturated carbocycles. The summed E-state index contributed by atoms with van der Waals surface area (Å²) < 4.78 is 11.0. The normalized spacial score (nSPS) is 13.6. The molecule has 6 heteroatoms. The highest BCUT2D eigenvalue weighted by atomic mass is 16.5. The molecule has 1 heterocycles. The van der Waals surface area contributed by atoms with Crippen molar-refractivity contribution in [2.45, 2.75) is 0 Å². The fourth-order valence-electron chi connectivity index (χ4n) is 3.52. The van der Waals surface area contributed by atoms with E-state index in [1.165, 1.54) is 0 Å². The van der Waals surface area contributed by atoms with E-state index in [1.807, 2.05) is 36.4 Å². The second-order valence-electron chi connectivity index (χ2n) is 7.26. The third-order valence-electron chi connectivity index (χ3n) is 5.25. The highest BCUT2D eigenvalue weighted by molar-refractivity contribution is 5.96. The number of piperazine rings is 1. The average Bonchev–Trinajstić information content (AvgIpc) is 2.84. The van der Waals surface area contributed by atoms with Gasteiger partial charge in [0.1, 0.15) is 17.2 Å². The van der Waals surface area contributed by atoms with Crippen LogP contribution >= 0.6 is 0 Å². The molecular weight excluding hydrogens is 392 g/mol. The summed E-state index contributed by atoms with van der Waals surface area (Å²) in [5.41, 5.74) is 1.20. The van der Waals surface area contributed by atoms with E-state index in [2.05, 4.69) is 0 Å². The zero-order valence-electron chi connectivity index (χ0n) is 17.4. The quantitative estimate of drug-likeness (QED) is 0.629. The molecule has 0 spiro atoms. The van der Waals surface area contributed by atoms with E-state index < -0.39 is 0 Å². The van der Waals surface area contributed by atoms with Gasteiger partial charge in [0, 0.05) is 37.3 Å². The van der Waals surface area contributed by atoms with Crippen LogP contribution in [0, 0.1) is 0 Å². The van der Waals surface area contributed by atoms with Crippen LogP contribution in [0.3, 0.4) is 0 Å². The Balaban J connectivity index is 1.34. The van der Waals surface area contributed by atoms with Gasteiger partial charge in [0.25, 0.3) is 11.8 Å². The van der Waals surface area contributed by atoms with Gasteiger partial charge in [0.15, 0.2) is 0 Å². The molecule has 0 aliphatic carbocycles. The molecule has 3 aromatic carbocycles. The first-order valence-corrected chi connectivity index (χ1v) is 10.2. The molecule has 6 nitrogen and oxygen atoms in total. The highest BCUT2D eigenvalue weighted by Gasteiger charge is 2.25. The summed E-state index contributed by atoms with van der Waals surface area (Å²) in [7, 11) is 1.58. The maximum absolute atomic E-state index is 12.9. The maximum Gasteiger partial charge on any atom is 0.254 e. The van der Waals surface area contributed by atoms with E-state index in [-0.39, 0.29) is 11.8 Å². The Bertz CT molecular complexity index is 1040. The molecule has 1 aliphatic heterocycles. The number of carbonyl (C=O) groups excluding carboxylic acids is 2. The maximum atomic E-state index is 12.9. The number of amides is 2. The number of benzene rings is 3. The summed E-state index contributed by atoms with van der Waals surface area (Å²) in [4.78, 5) is 29.2. The first-order valence-electron chi connectivity index (χ1n) is 10.2. The molecule has 4 rings (SSSR count). The molecule has 31 heavy (non-hydrogen) atoms. The molecule has 0 aromatic heterocycles. The molecule has 0 N–H and O–H groups in total. The molecule has 1 aliphatic rings. The van der Waals surface area contributed by atoms with Crippen LogP contribution in [0.25, 0.3) is 0 Å². The Hall–Kier alpha value is -3.80. The van der Waals surface area contributed by atoms with Crippen LogP contribution in [0.4, 0.5) is 0 Å². The predicted molar refractivity (Wildman–Crippen MR) is 118 cm³/mol.